The van der Waals surface area contributed by atoms with Gasteiger partial charge in [0.15, 0.2) is 0 Å². The van der Waals surface area contributed by atoms with E-state index in [1.807, 2.05) is 6.07 Å². The zero-order chi connectivity index (χ0) is 15.1. The predicted octanol–water partition coefficient (Wildman–Crippen LogP) is 6.05. The summed E-state index contributed by atoms with van der Waals surface area (Å²) < 4.78 is 14.4. The first-order valence-electron chi connectivity index (χ1n) is 8.17. The first-order chi connectivity index (χ1) is 10.2. The molecule has 0 aliphatic carbocycles. The van der Waals surface area contributed by atoms with E-state index in [2.05, 4.69) is 25.2 Å². The van der Waals surface area contributed by atoms with Crippen molar-refractivity contribution in [2.24, 2.45) is 0 Å². The van der Waals surface area contributed by atoms with E-state index < -0.39 is 0 Å². The lowest BCUT2D eigenvalue weighted by atomic mass is 10.0. The van der Waals surface area contributed by atoms with Crippen molar-refractivity contribution < 1.29 is 4.39 Å². The molecule has 0 aliphatic rings. The molecular formula is C18H26FNS. The molecule has 0 saturated heterocycles. The van der Waals surface area contributed by atoms with Gasteiger partial charge in [-0.15, -0.1) is 11.3 Å². The molecule has 0 spiro atoms. The zero-order valence-electron chi connectivity index (χ0n) is 13.1. The summed E-state index contributed by atoms with van der Waals surface area (Å²) in [6, 6.07) is 7.71. The maximum atomic E-state index is 13.3. The van der Waals surface area contributed by atoms with Crippen molar-refractivity contribution in [3.05, 3.63) is 35.0 Å². The van der Waals surface area contributed by atoms with E-state index in [-0.39, 0.29) is 5.82 Å². The fourth-order valence-electron chi connectivity index (χ4n) is 2.74. The number of fused-ring (bicyclic) bond motifs is 1. The van der Waals surface area contributed by atoms with Gasteiger partial charge in [-0.25, -0.2) is 4.39 Å². The highest BCUT2D eigenvalue weighted by Gasteiger charge is 2.13. The van der Waals surface area contributed by atoms with Crippen molar-refractivity contribution in [1.82, 2.24) is 5.32 Å². The van der Waals surface area contributed by atoms with Gasteiger partial charge in [0, 0.05) is 15.6 Å². The average molecular weight is 307 g/mol. The average Bonchev–Trinajstić information content (AvgIpc) is 2.88. The molecule has 1 N–H and O–H groups in total. The van der Waals surface area contributed by atoms with Crippen LogP contribution in [0.4, 0.5) is 4.39 Å². The third-order valence-electron chi connectivity index (χ3n) is 3.89. The van der Waals surface area contributed by atoms with Crippen LogP contribution in [0.15, 0.2) is 24.3 Å². The molecule has 1 atom stereocenters. The Bertz CT molecular complexity index is 549. The normalized spacial score (nSPS) is 12.9. The Hall–Kier alpha value is -0.930. The minimum atomic E-state index is -0.143. The summed E-state index contributed by atoms with van der Waals surface area (Å²) in [4.78, 5) is 1.34. The van der Waals surface area contributed by atoms with Crippen molar-refractivity contribution >= 4 is 21.4 Å². The highest BCUT2D eigenvalue weighted by atomic mass is 32.1. The van der Waals surface area contributed by atoms with E-state index in [9.17, 15) is 4.39 Å². The van der Waals surface area contributed by atoms with Gasteiger partial charge in [0.1, 0.15) is 5.82 Å². The SMILES string of the molecule is CCCCCCCC(NCC)c1cc2ccc(F)cc2s1. The summed E-state index contributed by atoms with van der Waals surface area (Å²) in [6.07, 6.45) is 7.72. The predicted molar refractivity (Wildman–Crippen MR) is 91.6 cm³/mol. The number of benzene rings is 1. The number of hydrogen-bond acceptors (Lipinski definition) is 2. The molecule has 0 fully saturated rings. The number of halogens is 1. The molecule has 0 saturated carbocycles. The van der Waals surface area contributed by atoms with Gasteiger partial charge in [-0.2, -0.15) is 0 Å². The van der Waals surface area contributed by atoms with Gasteiger partial charge in [-0.1, -0.05) is 52.0 Å². The van der Waals surface area contributed by atoms with Crippen LogP contribution >= 0.6 is 11.3 Å². The first kappa shape index (κ1) is 16.4. The maximum Gasteiger partial charge on any atom is 0.124 e. The summed E-state index contributed by atoms with van der Waals surface area (Å²) in [6.45, 7) is 5.37. The van der Waals surface area contributed by atoms with Crippen LogP contribution in [0.1, 0.15) is 63.3 Å². The van der Waals surface area contributed by atoms with Crippen LogP contribution in [0.5, 0.6) is 0 Å². The summed E-state index contributed by atoms with van der Waals surface area (Å²) in [5, 5.41) is 4.74. The molecule has 0 radical (unpaired) electrons. The fourth-order valence-corrected chi connectivity index (χ4v) is 3.94. The van der Waals surface area contributed by atoms with E-state index in [0.29, 0.717) is 6.04 Å². The number of thiophene rings is 1. The Morgan fingerprint density at radius 3 is 2.67 bits per heavy atom. The summed E-state index contributed by atoms with van der Waals surface area (Å²) in [7, 11) is 0. The van der Waals surface area contributed by atoms with Gasteiger partial charge in [0.2, 0.25) is 0 Å². The van der Waals surface area contributed by atoms with Crippen LogP contribution in [0.2, 0.25) is 0 Å². The van der Waals surface area contributed by atoms with Crippen LogP contribution in [0.25, 0.3) is 10.1 Å². The molecule has 1 unspecified atom stereocenters. The maximum absolute atomic E-state index is 13.3. The van der Waals surface area contributed by atoms with E-state index in [4.69, 9.17) is 0 Å². The number of rotatable bonds is 9. The van der Waals surface area contributed by atoms with Gasteiger partial charge >= 0.3 is 0 Å². The Labute approximate surface area is 131 Å². The second-order valence-electron chi connectivity index (χ2n) is 5.64. The Morgan fingerprint density at radius 2 is 1.90 bits per heavy atom. The Morgan fingerprint density at radius 1 is 1.10 bits per heavy atom. The van der Waals surface area contributed by atoms with Gasteiger partial charge in [-0.3, -0.25) is 0 Å². The fraction of sp³-hybridized carbons (Fsp3) is 0.556. The van der Waals surface area contributed by atoms with E-state index in [0.717, 1.165) is 16.6 Å². The molecule has 0 aliphatic heterocycles. The van der Waals surface area contributed by atoms with Crippen molar-refractivity contribution in [3.63, 3.8) is 0 Å². The third-order valence-corrected chi connectivity index (χ3v) is 5.10. The quantitative estimate of drug-likeness (QED) is 0.556. The van der Waals surface area contributed by atoms with E-state index >= 15 is 0 Å². The summed E-state index contributed by atoms with van der Waals surface area (Å²) >= 11 is 1.73. The smallest absolute Gasteiger partial charge is 0.124 e. The van der Waals surface area contributed by atoms with Gasteiger partial charge in [0.25, 0.3) is 0 Å². The molecule has 21 heavy (non-hydrogen) atoms. The Balaban J connectivity index is 2.01. The van der Waals surface area contributed by atoms with E-state index in [1.54, 1.807) is 23.5 Å². The van der Waals surface area contributed by atoms with Crippen molar-refractivity contribution in [2.45, 2.75) is 58.4 Å². The van der Waals surface area contributed by atoms with Crippen LogP contribution in [-0.2, 0) is 0 Å². The second-order valence-corrected chi connectivity index (χ2v) is 6.76. The lowest BCUT2D eigenvalue weighted by Gasteiger charge is -2.16. The number of unbranched alkanes of at least 4 members (excludes halogenated alkanes) is 4. The highest BCUT2D eigenvalue weighted by molar-refractivity contribution is 7.19. The second kappa shape index (κ2) is 8.50. The van der Waals surface area contributed by atoms with E-state index in [1.165, 1.54) is 43.4 Å². The molecule has 1 aromatic carbocycles. The first-order valence-corrected chi connectivity index (χ1v) is 8.98. The molecule has 1 heterocycles. The van der Waals surface area contributed by atoms with Crippen molar-refractivity contribution in [1.29, 1.82) is 0 Å². The third kappa shape index (κ3) is 4.79. The topological polar surface area (TPSA) is 12.0 Å². The zero-order valence-corrected chi connectivity index (χ0v) is 13.9. The largest absolute Gasteiger partial charge is 0.310 e. The van der Waals surface area contributed by atoms with Crippen molar-refractivity contribution in [2.75, 3.05) is 6.54 Å². The van der Waals surface area contributed by atoms with Crippen LogP contribution in [-0.4, -0.2) is 6.54 Å². The molecule has 2 aromatic rings. The lowest BCUT2D eigenvalue weighted by Crippen LogP contribution is -2.19. The van der Waals surface area contributed by atoms with Gasteiger partial charge in [0.05, 0.1) is 0 Å². The molecule has 116 valence electrons. The van der Waals surface area contributed by atoms with Gasteiger partial charge in [-0.05, 0) is 36.6 Å². The number of nitrogens with one attached hydrogen (secondary N) is 1. The Kier molecular flexibility index (Phi) is 6.65. The standard InChI is InChI=1S/C18H26FNS/c1-3-5-6-7-8-9-16(20-4-2)18-12-14-10-11-15(19)13-17(14)21-18/h10-13,16,20H,3-9H2,1-2H3. The monoisotopic (exact) mass is 307 g/mol. The highest BCUT2D eigenvalue weighted by Crippen LogP contribution is 2.32. The van der Waals surface area contributed by atoms with Crippen LogP contribution in [0.3, 0.4) is 0 Å². The lowest BCUT2D eigenvalue weighted by molar-refractivity contribution is 0.484. The van der Waals surface area contributed by atoms with Crippen LogP contribution in [0, 0.1) is 5.82 Å². The molecule has 2 rings (SSSR count). The minimum Gasteiger partial charge on any atom is -0.310 e. The van der Waals surface area contributed by atoms with Crippen molar-refractivity contribution in [3.8, 4) is 0 Å². The van der Waals surface area contributed by atoms with Gasteiger partial charge < -0.3 is 5.32 Å². The summed E-state index contributed by atoms with van der Waals surface area (Å²) in [5.74, 6) is -0.143. The molecule has 0 bridgehead atoms. The molecule has 0 amide bonds. The molecular weight excluding hydrogens is 281 g/mol. The summed E-state index contributed by atoms with van der Waals surface area (Å²) in [5.41, 5.74) is 0. The minimum absolute atomic E-state index is 0.143. The van der Waals surface area contributed by atoms with Crippen LogP contribution < -0.4 is 5.32 Å². The molecule has 1 aromatic heterocycles. The molecule has 3 heteroatoms. The molecule has 1 nitrogen and oxygen atoms in total. The number of hydrogen-bond donors (Lipinski definition) is 1.